The second-order valence-electron chi connectivity index (χ2n) is 8.38. The van der Waals surface area contributed by atoms with Crippen LogP contribution in [0.5, 0.6) is 11.5 Å². The molecule has 6 nitrogen and oxygen atoms in total. The average molecular weight is 622 g/mol. The van der Waals surface area contributed by atoms with Crippen molar-refractivity contribution < 1.29 is 19.1 Å². The molecule has 202 valence electrons. The molecular formula is C28H23Cl3N2O4S2. The molecule has 3 aromatic rings. The maximum absolute atomic E-state index is 13.0. The van der Waals surface area contributed by atoms with E-state index in [1.165, 1.54) is 18.9 Å². The number of rotatable bonds is 9. The van der Waals surface area contributed by atoms with Gasteiger partial charge < -0.3 is 14.8 Å². The quantitative estimate of drug-likeness (QED) is 0.125. The van der Waals surface area contributed by atoms with Crippen molar-refractivity contribution in [3.05, 3.63) is 100 Å². The lowest BCUT2D eigenvalue weighted by atomic mass is 10.1. The summed E-state index contributed by atoms with van der Waals surface area (Å²) in [6.45, 7) is 0.513. The Morgan fingerprint density at radius 3 is 2.28 bits per heavy atom. The molecule has 2 amide bonds. The molecule has 3 aromatic carbocycles. The van der Waals surface area contributed by atoms with E-state index in [-0.39, 0.29) is 5.91 Å². The number of carbonyl (C=O) groups excluding carboxylic acids is 2. The van der Waals surface area contributed by atoms with Crippen LogP contribution in [0.15, 0.2) is 83.8 Å². The van der Waals surface area contributed by atoms with Crippen molar-refractivity contribution in [3.63, 3.8) is 0 Å². The lowest BCUT2D eigenvalue weighted by Crippen LogP contribution is -2.47. The Labute approximate surface area is 251 Å². The molecular weight excluding hydrogens is 599 g/mol. The van der Waals surface area contributed by atoms with Crippen molar-refractivity contribution >= 4 is 81.0 Å². The van der Waals surface area contributed by atoms with Crippen molar-refractivity contribution in [3.8, 4) is 11.5 Å². The molecule has 0 bridgehead atoms. The van der Waals surface area contributed by atoms with Crippen LogP contribution in [0.25, 0.3) is 6.08 Å². The summed E-state index contributed by atoms with van der Waals surface area (Å²) in [4.78, 5) is 27.8. The summed E-state index contributed by atoms with van der Waals surface area (Å²) in [6.07, 6.45) is 1.21. The molecule has 1 saturated heterocycles. The molecule has 4 rings (SSSR count). The van der Waals surface area contributed by atoms with E-state index in [9.17, 15) is 9.59 Å². The number of benzene rings is 3. The number of ether oxygens (including phenoxy) is 2. The maximum Gasteiger partial charge on any atom is 0.266 e. The minimum atomic E-state index is -1.95. The topological polar surface area (TPSA) is 67.9 Å². The van der Waals surface area contributed by atoms with Gasteiger partial charge in [-0.2, -0.15) is 0 Å². The van der Waals surface area contributed by atoms with E-state index in [1.807, 2.05) is 30.3 Å². The fraction of sp³-hybridized carbons (Fsp3) is 0.179. The van der Waals surface area contributed by atoms with Gasteiger partial charge in [0.05, 0.1) is 12.0 Å². The molecule has 1 heterocycles. The number of thiocarbonyl (C=S) groups is 1. The standard InChI is InChI=1S/C28H23Cl3N2O4S2/c1-36-21-13-9-20(10-14-21)24(34)32-26(28(29,30)31)37-22-11-7-19(8-12-22)17-23-25(35)33(27(38)39-23)16-15-18-5-3-2-4-6-18/h2-14,17,26H,15-16H2,1H3,(H,32,34)/b23-17-/t26-/m0/s1. The summed E-state index contributed by atoms with van der Waals surface area (Å²) in [5.74, 6) is 0.350. The number of nitrogens with zero attached hydrogens (tertiary/aromatic N) is 1. The Balaban J connectivity index is 1.40. The van der Waals surface area contributed by atoms with Crippen LogP contribution in [-0.2, 0) is 11.2 Å². The Hall–Kier alpha value is -2.75. The molecule has 0 aromatic heterocycles. The minimum Gasteiger partial charge on any atom is -0.497 e. The molecule has 11 heteroatoms. The number of methoxy groups -OCH3 is 1. The molecule has 39 heavy (non-hydrogen) atoms. The smallest absolute Gasteiger partial charge is 0.266 e. The van der Waals surface area contributed by atoms with E-state index < -0.39 is 15.9 Å². The van der Waals surface area contributed by atoms with Crippen molar-refractivity contribution in [2.24, 2.45) is 0 Å². The zero-order valence-corrected chi connectivity index (χ0v) is 24.5. The molecule has 1 N–H and O–H groups in total. The highest BCUT2D eigenvalue weighted by Crippen LogP contribution is 2.34. The number of alkyl halides is 3. The molecule has 1 atom stereocenters. The van der Waals surface area contributed by atoms with E-state index in [4.69, 9.17) is 56.5 Å². The summed E-state index contributed by atoms with van der Waals surface area (Å²) in [6, 6.07) is 23.2. The highest BCUT2D eigenvalue weighted by molar-refractivity contribution is 8.26. The molecule has 0 spiro atoms. The number of hydrogen-bond donors (Lipinski definition) is 1. The van der Waals surface area contributed by atoms with E-state index >= 15 is 0 Å². The Kier molecular flexibility index (Phi) is 9.80. The predicted molar refractivity (Wildman–Crippen MR) is 162 cm³/mol. The molecule has 0 unspecified atom stereocenters. The van der Waals surface area contributed by atoms with E-state index in [0.717, 1.165) is 11.1 Å². The van der Waals surface area contributed by atoms with Crippen LogP contribution in [0, 0.1) is 0 Å². The monoisotopic (exact) mass is 620 g/mol. The van der Waals surface area contributed by atoms with Gasteiger partial charge in [-0.1, -0.05) is 101 Å². The van der Waals surface area contributed by atoms with Crippen molar-refractivity contribution in [1.82, 2.24) is 10.2 Å². The largest absolute Gasteiger partial charge is 0.497 e. The first-order valence-electron chi connectivity index (χ1n) is 11.7. The fourth-order valence-corrected chi connectivity index (χ4v) is 5.24. The molecule has 0 saturated carbocycles. The van der Waals surface area contributed by atoms with Crippen LogP contribution in [0.1, 0.15) is 21.5 Å². The van der Waals surface area contributed by atoms with Gasteiger partial charge in [0.2, 0.25) is 10.0 Å². The number of hydrogen-bond acceptors (Lipinski definition) is 6. The third-order valence-corrected chi connectivity index (χ3v) is 7.66. The van der Waals surface area contributed by atoms with Gasteiger partial charge >= 0.3 is 0 Å². The first-order chi connectivity index (χ1) is 18.6. The van der Waals surface area contributed by atoms with E-state index in [1.54, 1.807) is 59.5 Å². The number of carbonyl (C=O) groups is 2. The molecule has 1 fully saturated rings. The first kappa shape index (κ1) is 29.2. The number of nitrogens with one attached hydrogen (secondary N) is 1. The summed E-state index contributed by atoms with van der Waals surface area (Å²) in [5, 5.41) is 2.59. The molecule has 1 aliphatic heterocycles. The van der Waals surface area contributed by atoms with E-state index in [2.05, 4.69) is 5.32 Å². The second kappa shape index (κ2) is 13.1. The van der Waals surface area contributed by atoms with Crippen molar-refractivity contribution in [2.75, 3.05) is 13.7 Å². The van der Waals surface area contributed by atoms with Crippen LogP contribution in [0.3, 0.4) is 0 Å². The minimum absolute atomic E-state index is 0.126. The average Bonchev–Trinajstić information content (AvgIpc) is 3.19. The Morgan fingerprint density at radius 1 is 1.03 bits per heavy atom. The summed E-state index contributed by atoms with van der Waals surface area (Å²) in [5.41, 5.74) is 2.24. The molecule has 0 radical (unpaired) electrons. The van der Waals surface area contributed by atoms with Crippen LogP contribution in [-0.4, -0.2) is 44.7 Å². The van der Waals surface area contributed by atoms with Crippen LogP contribution >= 0.6 is 58.8 Å². The number of halogens is 3. The maximum atomic E-state index is 13.0. The first-order valence-corrected chi connectivity index (χ1v) is 14.1. The predicted octanol–water partition coefficient (Wildman–Crippen LogP) is 6.64. The van der Waals surface area contributed by atoms with Gasteiger partial charge in [-0.15, -0.1) is 0 Å². The number of thioether (sulfide) groups is 1. The van der Waals surface area contributed by atoms with Gasteiger partial charge in [0.15, 0.2) is 0 Å². The van der Waals surface area contributed by atoms with Gasteiger partial charge in [0.1, 0.15) is 15.8 Å². The highest BCUT2D eigenvalue weighted by Gasteiger charge is 2.36. The zero-order valence-electron chi connectivity index (χ0n) is 20.6. The van der Waals surface area contributed by atoms with Crippen LogP contribution in [0.4, 0.5) is 0 Å². The van der Waals surface area contributed by atoms with Crippen molar-refractivity contribution in [1.29, 1.82) is 0 Å². The summed E-state index contributed by atoms with van der Waals surface area (Å²) >= 11 is 25.0. The zero-order chi connectivity index (χ0) is 28.0. The lowest BCUT2D eigenvalue weighted by Gasteiger charge is -2.26. The van der Waals surface area contributed by atoms with Gasteiger partial charge in [-0.05, 0) is 60.0 Å². The molecule has 1 aliphatic rings. The van der Waals surface area contributed by atoms with Gasteiger partial charge in [-0.3, -0.25) is 14.5 Å². The second-order valence-corrected chi connectivity index (χ2v) is 12.4. The fourth-order valence-electron chi connectivity index (χ4n) is 3.63. The van der Waals surface area contributed by atoms with Crippen molar-refractivity contribution in [2.45, 2.75) is 16.4 Å². The number of amides is 2. The summed E-state index contributed by atoms with van der Waals surface area (Å²) < 4.78 is 9.48. The summed E-state index contributed by atoms with van der Waals surface area (Å²) in [7, 11) is 1.53. The van der Waals surface area contributed by atoms with Gasteiger partial charge in [-0.25, -0.2) is 0 Å². The third-order valence-electron chi connectivity index (χ3n) is 5.68. The highest BCUT2D eigenvalue weighted by atomic mass is 35.6. The van der Waals surface area contributed by atoms with E-state index in [0.29, 0.717) is 39.3 Å². The SMILES string of the molecule is COc1ccc(C(=O)N[C@@H](Oc2ccc(/C=C3\SC(=S)N(CCc4ccccc4)C3=O)cc2)C(Cl)(Cl)Cl)cc1. The normalized spacial score (nSPS) is 15.4. The van der Waals surface area contributed by atoms with Crippen LogP contribution in [0.2, 0.25) is 0 Å². The Morgan fingerprint density at radius 2 is 1.67 bits per heavy atom. The van der Waals surface area contributed by atoms with Crippen LogP contribution < -0.4 is 14.8 Å². The third kappa shape index (κ3) is 7.90. The van der Waals surface area contributed by atoms with Gasteiger partial charge in [0.25, 0.3) is 11.8 Å². The van der Waals surface area contributed by atoms with Gasteiger partial charge in [0, 0.05) is 12.1 Å². The Bertz CT molecular complexity index is 1360. The lowest BCUT2D eigenvalue weighted by molar-refractivity contribution is -0.122. The molecule has 0 aliphatic carbocycles.